The van der Waals surface area contributed by atoms with Gasteiger partial charge in [-0.3, -0.25) is 15.5 Å². The maximum atomic E-state index is 10.4. The first kappa shape index (κ1) is 19.5. The second-order valence-corrected chi connectivity index (χ2v) is 4.83. The third-order valence-electron chi connectivity index (χ3n) is 1.02. The zero-order valence-electron chi connectivity index (χ0n) is 8.96. The number of nitrogens with zero attached hydrogens (tertiary/aromatic N) is 1. The minimum atomic E-state index is -4.64. The number of likely N-dealkylation sites (N-methyl/N-ethyl adjacent to an activating group) is 1. The second-order valence-electron chi connectivity index (χ2n) is 2.78. The van der Waals surface area contributed by atoms with Crippen molar-refractivity contribution in [2.45, 2.75) is 0 Å². The summed E-state index contributed by atoms with van der Waals surface area (Å²) in [6.07, 6.45) is 0. The topological polar surface area (TPSA) is 212 Å². The summed E-state index contributed by atoms with van der Waals surface area (Å²) in [5, 5.41) is 9.32. The molecule has 0 aromatic carbocycles. The number of hydrogen-bond donors (Lipinski definition) is 8. The van der Waals surface area contributed by atoms with E-state index in [2.05, 4.69) is 5.32 Å². The van der Waals surface area contributed by atoms with E-state index in [1.165, 1.54) is 0 Å². The fourth-order valence-electron chi connectivity index (χ4n) is 0.561. The molecule has 1 fully saturated rings. The molecule has 1 rings (SSSR count). The standard InChI is InChI=1S/C4H7N3O.2H3O4P/c1-7-2-3(8)6-4(7)5;2*1-5(2,3)4/h2H2,1H3,(H2,5,6,8);2*(H3,1,2,3,4). The van der Waals surface area contributed by atoms with Crippen molar-refractivity contribution in [1.82, 2.24) is 10.2 Å². The number of rotatable bonds is 0. The third kappa shape index (κ3) is 24.4. The Hall–Kier alpha value is -0.840. The molecule has 8 N–H and O–H groups in total. The van der Waals surface area contributed by atoms with Crippen molar-refractivity contribution in [1.29, 1.82) is 5.41 Å². The molecule has 1 aliphatic heterocycles. The molecular formula is C4H13N3O9P2. The van der Waals surface area contributed by atoms with Crippen LogP contribution in [0.25, 0.3) is 0 Å². The molecule has 1 heterocycles. The smallest absolute Gasteiger partial charge is 0.337 e. The van der Waals surface area contributed by atoms with Crippen LogP contribution in [0.2, 0.25) is 0 Å². The Morgan fingerprint density at radius 1 is 1.11 bits per heavy atom. The summed E-state index contributed by atoms with van der Waals surface area (Å²) in [7, 11) is -7.58. The average molecular weight is 309 g/mol. The van der Waals surface area contributed by atoms with Gasteiger partial charge in [0.25, 0.3) is 0 Å². The number of hydrogen-bond acceptors (Lipinski definition) is 4. The maximum absolute atomic E-state index is 10.4. The van der Waals surface area contributed by atoms with Gasteiger partial charge in [-0.25, -0.2) is 9.13 Å². The van der Waals surface area contributed by atoms with E-state index in [-0.39, 0.29) is 11.9 Å². The molecule has 108 valence electrons. The summed E-state index contributed by atoms with van der Waals surface area (Å²) in [6.45, 7) is 0.318. The Morgan fingerprint density at radius 2 is 1.39 bits per heavy atom. The van der Waals surface area contributed by atoms with Crippen molar-refractivity contribution >= 4 is 27.5 Å². The van der Waals surface area contributed by atoms with Crippen LogP contribution in [0.15, 0.2) is 0 Å². The third-order valence-corrected chi connectivity index (χ3v) is 1.02. The molecule has 0 aliphatic carbocycles. The summed E-state index contributed by atoms with van der Waals surface area (Å²) in [4.78, 5) is 55.0. The largest absolute Gasteiger partial charge is 0.466 e. The normalized spacial score (nSPS) is 15.2. The van der Waals surface area contributed by atoms with Gasteiger partial charge in [0.2, 0.25) is 5.91 Å². The highest BCUT2D eigenvalue weighted by molar-refractivity contribution is 7.45. The molecule has 12 nitrogen and oxygen atoms in total. The fraction of sp³-hybridized carbons (Fsp3) is 0.500. The summed E-state index contributed by atoms with van der Waals surface area (Å²) >= 11 is 0. The number of nitrogens with one attached hydrogen (secondary N) is 2. The van der Waals surface area contributed by atoms with Crippen molar-refractivity contribution in [3.63, 3.8) is 0 Å². The van der Waals surface area contributed by atoms with Gasteiger partial charge in [0.05, 0.1) is 6.54 Å². The molecule has 0 aromatic heterocycles. The van der Waals surface area contributed by atoms with Crippen LogP contribution in [0.1, 0.15) is 0 Å². The summed E-state index contributed by atoms with van der Waals surface area (Å²) in [5.74, 6) is 0.0903. The molecule has 18 heavy (non-hydrogen) atoms. The minimum Gasteiger partial charge on any atom is -0.337 e. The molecule has 0 aromatic rings. The first-order chi connectivity index (χ1) is 7.70. The van der Waals surface area contributed by atoms with E-state index < -0.39 is 15.6 Å². The van der Waals surface area contributed by atoms with E-state index in [0.717, 1.165) is 0 Å². The van der Waals surface area contributed by atoms with Crippen LogP contribution in [0.3, 0.4) is 0 Å². The molecule has 0 spiro atoms. The van der Waals surface area contributed by atoms with Crippen LogP contribution < -0.4 is 5.32 Å². The van der Waals surface area contributed by atoms with Crippen LogP contribution in [0.4, 0.5) is 0 Å². The summed E-state index contributed by atoms with van der Waals surface area (Å²) in [5.41, 5.74) is 0. The lowest BCUT2D eigenvalue weighted by Crippen LogP contribution is -2.25. The van der Waals surface area contributed by atoms with Gasteiger partial charge in [0, 0.05) is 7.05 Å². The van der Waals surface area contributed by atoms with Crippen LogP contribution in [-0.2, 0) is 13.9 Å². The number of amides is 1. The van der Waals surface area contributed by atoms with Gasteiger partial charge in [-0.05, 0) is 0 Å². The summed E-state index contributed by atoms with van der Waals surface area (Å²) < 4.78 is 17.8. The molecule has 0 saturated carbocycles. The molecule has 0 radical (unpaired) electrons. The molecule has 0 bridgehead atoms. The molecule has 1 saturated heterocycles. The Labute approximate surface area is 101 Å². The monoisotopic (exact) mass is 309 g/mol. The van der Waals surface area contributed by atoms with Crippen molar-refractivity contribution in [3.05, 3.63) is 0 Å². The SMILES string of the molecule is CN1CC(=O)NC1=N.O=P(O)(O)O.O=P(O)(O)O. The van der Waals surface area contributed by atoms with Gasteiger partial charge in [-0.15, -0.1) is 0 Å². The Morgan fingerprint density at radius 3 is 1.44 bits per heavy atom. The van der Waals surface area contributed by atoms with Crippen molar-refractivity contribution < 1.29 is 43.3 Å². The quantitative estimate of drug-likeness (QED) is 0.214. The second kappa shape index (κ2) is 7.56. The van der Waals surface area contributed by atoms with Crippen molar-refractivity contribution in [2.24, 2.45) is 0 Å². The fourth-order valence-corrected chi connectivity index (χ4v) is 0.561. The van der Waals surface area contributed by atoms with Crippen LogP contribution in [0, 0.1) is 5.41 Å². The predicted octanol–water partition coefficient (Wildman–Crippen LogP) is -2.87. The molecular weight excluding hydrogens is 296 g/mol. The van der Waals surface area contributed by atoms with Crippen molar-refractivity contribution in [2.75, 3.05) is 13.6 Å². The van der Waals surface area contributed by atoms with Gasteiger partial charge in [-0.1, -0.05) is 0 Å². The Kier molecular flexibility index (Phi) is 8.19. The van der Waals surface area contributed by atoms with Crippen LogP contribution >= 0.6 is 15.6 Å². The lowest BCUT2D eigenvalue weighted by atomic mass is 10.6. The highest BCUT2D eigenvalue weighted by atomic mass is 31.2. The Bertz CT molecular complexity index is 349. The van der Waals surface area contributed by atoms with Crippen LogP contribution in [0.5, 0.6) is 0 Å². The zero-order chi connectivity index (χ0) is 15.1. The highest BCUT2D eigenvalue weighted by Crippen LogP contribution is 2.26. The van der Waals surface area contributed by atoms with E-state index in [1.54, 1.807) is 11.9 Å². The highest BCUT2D eigenvalue weighted by Gasteiger charge is 2.18. The maximum Gasteiger partial charge on any atom is 0.466 e. The van der Waals surface area contributed by atoms with Gasteiger partial charge >= 0.3 is 15.6 Å². The zero-order valence-corrected chi connectivity index (χ0v) is 10.7. The van der Waals surface area contributed by atoms with E-state index in [4.69, 9.17) is 43.9 Å². The van der Waals surface area contributed by atoms with E-state index in [9.17, 15) is 4.79 Å². The number of phosphoric acid groups is 2. The molecule has 14 heteroatoms. The molecule has 1 amide bonds. The lowest BCUT2D eigenvalue weighted by Gasteiger charge is -2.03. The molecule has 0 atom stereocenters. The van der Waals surface area contributed by atoms with Crippen LogP contribution in [-0.4, -0.2) is 59.7 Å². The van der Waals surface area contributed by atoms with Crippen molar-refractivity contribution in [3.8, 4) is 0 Å². The molecule has 1 aliphatic rings. The van der Waals surface area contributed by atoms with Gasteiger partial charge in [0.1, 0.15) is 0 Å². The Balaban J connectivity index is 0. The minimum absolute atomic E-state index is 0.0995. The predicted molar refractivity (Wildman–Crippen MR) is 57.0 cm³/mol. The van der Waals surface area contributed by atoms with E-state index >= 15 is 0 Å². The summed E-state index contributed by atoms with van der Waals surface area (Å²) in [6, 6.07) is 0. The number of carbonyl (C=O) groups excluding carboxylic acids is 1. The van der Waals surface area contributed by atoms with E-state index in [0.29, 0.717) is 6.54 Å². The van der Waals surface area contributed by atoms with Gasteiger partial charge in [0.15, 0.2) is 5.96 Å². The first-order valence-corrected chi connectivity index (χ1v) is 6.99. The van der Waals surface area contributed by atoms with Gasteiger partial charge in [-0.2, -0.15) is 0 Å². The lowest BCUT2D eigenvalue weighted by molar-refractivity contribution is -0.118. The first-order valence-electron chi connectivity index (χ1n) is 3.86. The molecule has 0 unspecified atom stereocenters. The van der Waals surface area contributed by atoms with E-state index in [1.807, 2.05) is 0 Å². The average Bonchev–Trinajstić information content (AvgIpc) is 2.21. The van der Waals surface area contributed by atoms with Gasteiger partial charge < -0.3 is 34.3 Å². The number of carbonyl (C=O) groups is 1. The number of guanidine groups is 1.